The van der Waals surface area contributed by atoms with E-state index in [0.29, 0.717) is 30.7 Å². The van der Waals surface area contributed by atoms with Gasteiger partial charge in [0.05, 0.1) is 4.90 Å². The minimum absolute atomic E-state index is 0. The summed E-state index contributed by atoms with van der Waals surface area (Å²) < 4.78 is 27.8. The fraction of sp³-hybridized carbons (Fsp3) is 0.650. The lowest BCUT2D eigenvalue weighted by Gasteiger charge is -2.32. The molecule has 0 saturated carbocycles. The molecule has 3 atom stereocenters. The van der Waals surface area contributed by atoms with E-state index in [-0.39, 0.29) is 29.3 Å². The van der Waals surface area contributed by atoms with Gasteiger partial charge < -0.3 is 10.2 Å². The first-order valence-electron chi connectivity index (χ1n) is 10.1. The van der Waals surface area contributed by atoms with Crippen LogP contribution in [0.1, 0.15) is 55.8 Å². The molecule has 0 radical (unpaired) electrons. The van der Waals surface area contributed by atoms with Gasteiger partial charge in [0.1, 0.15) is 0 Å². The third-order valence-electron chi connectivity index (χ3n) is 6.24. The summed E-state index contributed by atoms with van der Waals surface area (Å²) in [5.41, 5.74) is 0.471. The zero-order valence-electron chi connectivity index (χ0n) is 16.3. The molecule has 0 aromatic heterocycles. The molecule has 3 fully saturated rings. The maximum Gasteiger partial charge on any atom is 0.253 e. The van der Waals surface area contributed by atoms with Crippen LogP contribution in [0.5, 0.6) is 0 Å². The lowest BCUT2D eigenvalue weighted by Crippen LogP contribution is -2.42. The number of hydrogen-bond acceptors (Lipinski definition) is 4. The van der Waals surface area contributed by atoms with Gasteiger partial charge in [0.25, 0.3) is 5.91 Å². The highest BCUT2D eigenvalue weighted by atomic mass is 35.5. The van der Waals surface area contributed by atoms with Gasteiger partial charge in [-0.05, 0) is 57.2 Å². The van der Waals surface area contributed by atoms with E-state index in [9.17, 15) is 13.2 Å². The first kappa shape index (κ1) is 21.6. The van der Waals surface area contributed by atoms with Crippen LogP contribution < -0.4 is 5.32 Å². The second kappa shape index (κ2) is 8.69. The van der Waals surface area contributed by atoms with Gasteiger partial charge in [-0.3, -0.25) is 4.79 Å². The Balaban J connectivity index is 0.00000225. The Labute approximate surface area is 174 Å². The van der Waals surface area contributed by atoms with Crippen LogP contribution in [0.15, 0.2) is 29.2 Å². The van der Waals surface area contributed by atoms with Crippen molar-refractivity contribution in [3.05, 3.63) is 29.8 Å². The van der Waals surface area contributed by atoms with Crippen molar-refractivity contribution < 1.29 is 13.2 Å². The molecule has 3 aliphatic rings. The van der Waals surface area contributed by atoms with E-state index in [2.05, 4.69) is 5.32 Å². The molecule has 3 aliphatic heterocycles. The third kappa shape index (κ3) is 4.22. The highest BCUT2D eigenvalue weighted by Gasteiger charge is 2.33. The topological polar surface area (TPSA) is 69.7 Å². The highest BCUT2D eigenvalue weighted by molar-refractivity contribution is 7.89. The maximum absolute atomic E-state index is 13.1. The summed E-state index contributed by atoms with van der Waals surface area (Å²) >= 11 is 0. The summed E-state index contributed by atoms with van der Waals surface area (Å²) in [6, 6.07) is 7.49. The van der Waals surface area contributed by atoms with Crippen LogP contribution in [-0.2, 0) is 10.0 Å². The fourth-order valence-corrected chi connectivity index (χ4v) is 6.41. The number of carbonyl (C=O) groups is 1. The number of piperidine rings is 1. The number of carbonyl (C=O) groups excluding carboxylic acids is 1. The highest BCUT2D eigenvalue weighted by Crippen LogP contribution is 2.26. The number of likely N-dealkylation sites (tertiary alicyclic amines) is 1. The number of halogens is 1. The molecule has 3 unspecified atom stereocenters. The predicted molar refractivity (Wildman–Crippen MR) is 111 cm³/mol. The van der Waals surface area contributed by atoms with E-state index in [1.165, 1.54) is 6.42 Å². The SMILES string of the molecule is CC1CCCCN1S(=O)(=O)c1cccc(C(=O)N2CCC3CCC(C2)N3)c1.Cl. The number of rotatable bonds is 3. The third-order valence-corrected chi connectivity index (χ3v) is 8.25. The van der Waals surface area contributed by atoms with Crippen molar-refractivity contribution in [2.75, 3.05) is 19.6 Å². The van der Waals surface area contributed by atoms with Crippen LogP contribution >= 0.6 is 12.4 Å². The Bertz CT molecular complexity index is 817. The lowest BCUT2D eigenvalue weighted by atomic mass is 10.1. The summed E-state index contributed by atoms with van der Waals surface area (Å²) in [7, 11) is -3.56. The van der Waals surface area contributed by atoms with Crippen LogP contribution in [-0.4, -0.2) is 61.3 Å². The van der Waals surface area contributed by atoms with Crippen molar-refractivity contribution in [3.63, 3.8) is 0 Å². The van der Waals surface area contributed by atoms with E-state index >= 15 is 0 Å². The van der Waals surface area contributed by atoms with E-state index in [1.54, 1.807) is 28.6 Å². The Morgan fingerprint density at radius 2 is 1.86 bits per heavy atom. The Morgan fingerprint density at radius 3 is 2.64 bits per heavy atom. The first-order chi connectivity index (χ1) is 12.9. The van der Waals surface area contributed by atoms with Gasteiger partial charge in [-0.15, -0.1) is 12.4 Å². The van der Waals surface area contributed by atoms with Crippen LogP contribution in [0, 0.1) is 0 Å². The molecule has 2 bridgehead atoms. The number of nitrogens with zero attached hydrogens (tertiary/aromatic N) is 2. The molecule has 6 nitrogen and oxygen atoms in total. The first-order valence-corrected chi connectivity index (χ1v) is 11.6. The fourth-order valence-electron chi connectivity index (χ4n) is 4.66. The van der Waals surface area contributed by atoms with Crippen molar-refractivity contribution in [2.24, 2.45) is 0 Å². The van der Waals surface area contributed by atoms with E-state index in [4.69, 9.17) is 0 Å². The smallest absolute Gasteiger partial charge is 0.253 e. The average Bonchev–Trinajstić information content (AvgIpc) is 3.00. The molecule has 0 spiro atoms. The minimum Gasteiger partial charge on any atom is -0.337 e. The van der Waals surface area contributed by atoms with Gasteiger partial charge in [-0.25, -0.2) is 8.42 Å². The maximum atomic E-state index is 13.1. The van der Waals surface area contributed by atoms with Gasteiger partial charge >= 0.3 is 0 Å². The van der Waals surface area contributed by atoms with Gasteiger partial charge in [0.15, 0.2) is 0 Å². The summed E-state index contributed by atoms with van der Waals surface area (Å²) in [6.07, 6.45) is 6.11. The Morgan fingerprint density at radius 1 is 1.07 bits per heavy atom. The van der Waals surface area contributed by atoms with Crippen molar-refractivity contribution >= 4 is 28.3 Å². The number of sulfonamides is 1. The number of nitrogens with one attached hydrogen (secondary N) is 1. The van der Waals surface area contributed by atoms with Gasteiger partial charge in [-0.1, -0.05) is 12.5 Å². The number of hydrogen-bond donors (Lipinski definition) is 1. The number of fused-ring (bicyclic) bond motifs is 2. The zero-order chi connectivity index (χ0) is 19.0. The van der Waals surface area contributed by atoms with Gasteiger partial charge in [0, 0.05) is 43.3 Å². The van der Waals surface area contributed by atoms with Gasteiger partial charge in [0.2, 0.25) is 10.0 Å². The molecule has 156 valence electrons. The standard InChI is InChI=1S/C20H29N3O3S.ClH/c1-15-5-2-3-11-23(15)27(25,26)19-7-4-6-16(13-19)20(24)22-12-10-17-8-9-18(14-22)21-17;/h4,6-7,13,15,17-18,21H,2-3,5,8-12,14H2,1H3;1H. The molecule has 3 saturated heterocycles. The molecule has 28 heavy (non-hydrogen) atoms. The molecule has 8 heteroatoms. The van der Waals surface area contributed by atoms with Crippen molar-refractivity contribution in [1.29, 1.82) is 0 Å². The lowest BCUT2D eigenvalue weighted by molar-refractivity contribution is 0.0748. The summed E-state index contributed by atoms with van der Waals surface area (Å²) in [6.45, 7) is 3.95. The van der Waals surface area contributed by atoms with E-state index in [1.807, 2.05) is 11.8 Å². The van der Waals surface area contributed by atoms with E-state index in [0.717, 1.165) is 38.6 Å². The number of benzene rings is 1. The molecule has 0 aliphatic carbocycles. The monoisotopic (exact) mass is 427 g/mol. The van der Waals surface area contributed by atoms with Crippen molar-refractivity contribution in [3.8, 4) is 0 Å². The molecular weight excluding hydrogens is 398 g/mol. The normalized spacial score (nSPS) is 28.5. The van der Waals surface area contributed by atoms with Gasteiger partial charge in [-0.2, -0.15) is 4.31 Å². The second-order valence-electron chi connectivity index (χ2n) is 8.17. The summed E-state index contributed by atoms with van der Waals surface area (Å²) in [5.74, 6) is -0.0620. The van der Waals surface area contributed by atoms with Crippen LogP contribution in [0.4, 0.5) is 0 Å². The molecule has 1 amide bonds. The van der Waals surface area contributed by atoms with Crippen LogP contribution in [0.25, 0.3) is 0 Å². The molecule has 1 aromatic rings. The zero-order valence-corrected chi connectivity index (χ0v) is 18.0. The van der Waals surface area contributed by atoms with E-state index < -0.39 is 10.0 Å². The molecule has 4 rings (SSSR count). The van der Waals surface area contributed by atoms with Crippen molar-refractivity contribution in [2.45, 2.75) is 68.5 Å². The molecule has 1 aromatic carbocycles. The molecule has 1 N–H and O–H groups in total. The largest absolute Gasteiger partial charge is 0.337 e. The predicted octanol–water partition coefficient (Wildman–Crippen LogP) is 2.64. The van der Waals surface area contributed by atoms with Crippen molar-refractivity contribution in [1.82, 2.24) is 14.5 Å². The summed E-state index contributed by atoms with van der Waals surface area (Å²) in [4.78, 5) is 15.2. The summed E-state index contributed by atoms with van der Waals surface area (Å²) in [5, 5.41) is 3.58. The molecular formula is C20H30ClN3O3S. The Hall–Kier alpha value is -1.15. The average molecular weight is 428 g/mol. The van der Waals surface area contributed by atoms with Crippen LogP contribution in [0.2, 0.25) is 0 Å². The Kier molecular flexibility index (Phi) is 6.69. The quantitative estimate of drug-likeness (QED) is 0.805. The number of amides is 1. The minimum atomic E-state index is -3.56. The van der Waals surface area contributed by atoms with Crippen LogP contribution in [0.3, 0.4) is 0 Å². The molecule has 3 heterocycles. The second-order valence-corrected chi connectivity index (χ2v) is 10.1.